The zero-order valence-corrected chi connectivity index (χ0v) is 12.6. The van der Waals surface area contributed by atoms with Crippen LogP contribution in [0.1, 0.15) is 28.2 Å². The first-order valence-electron chi connectivity index (χ1n) is 7.20. The standard InChI is InChI=1S/C15H18N4OS/c20-15(19-7-1-2-8-19)13-10-16-11-14(18-13)17-6-5-12-4-3-9-21-12/h3-4,9-11H,1-2,5-8H2,(H,17,18). The van der Waals surface area contributed by atoms with Crippen molar-refractivity contribution >= 4 is 23.1 Å². The molecule has 21 heavy (non-hydrogen) atoms. The molecule has 0 aromatic carbocycles. The molecule has 0 unspecified atom stereocenters. The third-order valence-corrected chi connectivity index (χ3v) is 4.44. The van der Waals surface area contributed by atoms with Gasteiger partial charge in [-0.25, -0.2) is 4.98 Å². The number of hydrogen-bond donors (Lipinski definition) is 1. The van der Waals surface area contributed by atoms with Gasteiger partial charge in [0.1, 0.15) is 11.5 Å². The van der Waals surface area contributed by atoms with Crippen molar-refractivity contribution in [2.24, 2.45) is 0 Å². The third kappa shape index (κ3) is 3.58. The average molecular weight is 302 g/mol. The molecular formula is C15H18N4OS. The molecule has 110 valence electrons. The zero-order chi connectivity index (χ0) is 14.5. The fraction of sp³-hybridized carbons (Fsp3) is 0.400. The van der Waals surface area contributed by atoms with E-state index in [4.69, 9.17) is 0 Å². The number of hydrogen-bond acceptors (Lipinski definition) is 5. The molecule has 1 amide bonds. The van der Waals surface area contributed by atoms with Gasteiger partial charge in [0.2, 0.25) is 0 Å². The Morgan fingerprint density at radius 2 is 2.19 bits per heavy atom. The van der Waals surface area contributed by atoms with Crippen molar-refractivity contribution in [2.75, 3.05) is 25.0 Å². The average Bonchev–Trinajstić information content (AvgIpc) is 3.20. The number of likely N-dealkylation sites (tertiary alicyclic amines) is 1. The molecule has 3 rings (SSSR count). The minimum Gasteiger partial charge on any atom is -0.368 e. The van der Waals surface area contributed by atoms with Crippen LogP contribution < -0.4 is 5.32 Å². The Hall–Kier alpha value is -1.95. The van der Waals surface area contributed by atoms with Crippen LogP contribution in [0.4, 0.5) is 5.82 Å². The normalized spacial score (nSPS) is 14.4. The highest BCUT2D eigenvalue weighted by Gasteiger charge is 2.20. The highest BCUT2D eigenvalue weighted by atomic mass is 32.1. The lowest BCUT2D eigenvalue weighted by Gasteiger charge is -2.14. The number of aromatic nitrogens is 2. The summed E-state index contributed by atoms with van der Waals surface area (Å²) in [6.07, 6.45) is 6.32. The van der Waals surface area contributed by atoms with E-state index in [9.17, 15) is 4.79 Å². The molecule has 0 aliphatic carbocycles. The lowest BCUT2D eigenvalue weighted by atomic mass is 10.3. The van der Waals surface area contributed by atoms with Crippen LogP contribution in [0, 0.1) is 0 Å². The highest BCUT2D eigenvalue weighted by Crippen LogP contribution is 2.13. The van der Waals surface area contributed by atoms with Gasteiger partial charge in [-0.05, 0) is 30.7 Å². The van der Waals surface area contributed by atoms with Gasteiger partial charge in [-0.15, -0.1) is 11.3 Å². The molecule has 0 atom stereocenters. The molecule has 5 nitrogen and oxygen atoms in total. The zero-order valence-electron chi connectivity index (χ0n) is 11.8. The Labute approximate surface area is 128 Å². The molecule has 0 saturated carbocycles. The summed E-state index contributed by atoms with van der Waals surface area (Å²) in [4.78, 5) is 23.9. The predicted molar refractivity (Wildman–Crippen MR) is 83.7 cm³/mol. The molecule has 0 radical (unpaired) electrons. The smallest absolute Gasteiger partial charge is 0.274 e. The van der Waals surface area contributed by atoms with Crippen LogP contribution in [0.25, 0.3) is 0 Å². The lowest BCUT2D eigenvalue weighted by Crippen LogP contribution is -2.28. The van der Waals surface area contributed by atoms with Crippen molar-refractivity contribution in [3.63, 3.8) is 0 Å². The van der Waals surface area contributed by atoms with Gasteiger partial charge in [0.05, 0.1) is 12.4 Å². The van der Waals surface area contributed by atoms with Crippen LogP contribution in [0.3, 0.4) is 0 Å². The molecule has 1 saturated heterocycles. The van der Waals surface area contributed by atoms with Crippen molar-refractivity contribution in [1.82, 2.24) is 14.9 Å². The summed E-state index contributed by atoms with van der Waals surface area (Å²) in [5.74, 6) is 0.651. The largest absolute Gasteiger partial charge is 0.368 e. The quantitative estimate of drug-likeness (QED) is 0.921. The van der Waals surface area contributed by atoms with Gasteiger partial charge in [-0.2, -0.15) is 0 Å². The second kappa shape index (κ2) is 6.67. The second-order valence-electron chi connectivity index (χ2n) is 5.05. The molecule has 1 N–H and O–H groups in total. The summed E-state index contributed by atoms with van der Waals surface area (Å²) < 4.78 is 0. The van der Waals surface area contributed by atoms with E-state index in [0.717, 1.165) is 38.9 Å². The van der Waals surface area contributed by atoms with E-state index in [0.29, 0.717) is 11.5 Å². The topological polar surface area (TPSA) is 58.1 Å². The highest BCUT2D eigenvalue weighted by molar-refractivity contribution is 7.09. The maximum Gasteiger partial charge on any atom is 0.274 e. The van der Waals surface area contributed by atoms with Gasteiger partial charge >= 0.3 is 0 Å². The maximum absolute atomic E-state index is 12.3. The third-order valence-electron chi connectivity index (χ3n) is 3.50. The van der Waals surface area contributed by atoms with Gasteiger partial charge in [0.25, 0.3) is 5.91 Å². The molecule has 3 heterocycles. The van der Waals surface area contributed by atoms with Crippen LogP contribution in [-0.4, -0.2) is 40.4 Å². The number of thiophene rings is 1. The van der Waals surface area contributed by atoms with Crippen molar-refractivity contribution < 1.29 is 4.79 Å². The fourth-order valence-electron chi connectivity index (χ4n) is 2.41. The Morgan fingerprint density at radius 3 is 2.95 bits per heavy atom. The van der Waals surface area contributed by atoms with E-state index < -0.39 is 0 Å². The monoisotopic (exact) mass is 302 g/mol. The van der Waals surface area contributed by atoms with Crippen LogP contribution in [-0.2, 0) is 6.42 Å². The Bertz CT molecular complexity index is 593. The SMILES string of the molecule is O=C(c1cncc(NCCc2cccs2)n1)N1CCCC1. The first-order valence-corrected chi connectivity index (χ1v) is 8.08. The summed E-state index contributed by atoms with van der Waals surface area (Å²) in [7, 11) is 0. The van der Waals surface area contributed by atoms with Crippen LogP contribution >= 0.6 is 11.3 Å². The summed E-state index contributed by atoms with van der Waals surface area (Å²) in [6, 6.07) is 4.17. The number of rotatable bonds is 5. The van der Waals surface area contributed by atoms with Gasteiger partial charge in [0, 0.05) is 24.5 Å². The Kier molecular flexibility index (Phi) is 4.45. The number of nitrogens with one attached hydrogen (secondary N) is 1. The van der Waals surface area contributed by atoms with E-state index >= 15 is 0 Å². The Balaban J connectivity index is 1.58. The number of anilines is 1. The summed E-state index contributed by atoms with van der Waals surface area (Å²) in [6.45, 7) is 2.45. The molecule has 0 bridgehead atoms. The van der Waals surface area contributed by atoms with E-state index in [1.807, 2.05) is 4.90 Å². The molecule has 1 aliphatic heterocycles. The van der Waals surface area contributed by atoms with E-state index in [1.165, 1.54) is 4.88 Å². The summed E-state index contributed by atoms with van der Waals surface area (Å²) in [5.41, 5.74) is 0.429. The van der Waals surface area contributed by atoms with Crippen molar-refractivity contribution in [3.05, 3.63) is 40.5 Å². The first kappa shape index (κ1) is 14.0. The minimum atomic E-state index is -0.0121. The van der Waals surface area contributed by atoms with Crippen LogP contribution in [0.5, 0.6) is 0 Å². The predicted octanol–water partition coefficient (Wildman–Crippen LogP) is 2.43. The first-order chi connectivity index (χ1) is 10.3. The number of carbonyl (C=O) groups excluding carboxylic acids is 1. The van der Waals surface area contributed by atoms with Crippen molar-refractivity contribution in [1.29, 1.82) is 0 Å². The van der Waals surface area contributed by atoms with Crippen LogP contribution in [0.2, 0.25) is 0 Å². The van der Waals surface area contributed by atoms with Gasteiger partial charge < -0.3 is 10.2 Å². The van der Waals surface area contributed by atoms with E-state index in [-0.39, 0.29) is 5.91 Å². The molecule has 0 spiro atoms. The van der Waals surface area contributed by atoms with Gasteiger partial charge in [-0.3, -0.25) is 9.78 Å². The second-order valence-corrected chi connectivity index (χ2v) is 6.08. The minimum absolute atomic E-state index is 0.0121. The van der Waals surface area contributed by atoms with Crippen molar-refractivity contribution in [2.45, 2.75) is 19.3 Å². The Morgan fingerprint density at radius 1 is 1.33 bits per heavy atom. The molecule has 6 heteroatoms. The maximum atomic E-state index is 12.3. The van der Waals surface area contributed by atoms with E-state index in [2.05, 4.69) is 32.8 Å². The number of amides is 1. The lowest BCUT2D eigenvalue weighted by molar-refractivity contribution is 0.0786. The molecule has 2 aromatic heterocycles. The van der Waals surface area contributed by atoms with Crippen LogP contribution in [0.15, 0.2) is 29.9 Å². The number of nitrogens with zero attached hydrogens (tertiary/aromatic N) is 3. The van der Waals surface area contributed by atoms with Gasteiger partial charge in [0.15, 0.2) is 0 Å². The summed E-state index contributed by atoms with van der Waals surface area (Å²) >= 11 is 1.75. The molecule has 1 fully saturated rings. The molecule has 1 aliphatic rings. The van der Waals surface area contributed by atoms with Gasteiger partial charge in [-0.1, -0.05) is 6.07 Å². The fourth-order valence-corrected chi connectivity index (χ4v) is 3.11. The number of carbonyl (C=O) groups is 1. The summed E-state index contributed by atoms with van der Waals surface area (Å²) in [5, 5.41) is 5.30. The molecule has 2 aromatic rings. The van der Waals surface area contributed by atoms with Crippen molar-refractivity contribution in [3.8, 4) is 0 Å². The molecular weight excluding hydrogens is 284 g/mol. The van der Waals surface area contributed by atoms with E-state index in [1.54, 1.807) is 23.7 Å².